The molecule has 94 valence electrons. The number of hydrogen-bond donors (Lipinski definition) is 1. The van der Waals surface area contributed by atoms with E-state index in [-0.39, 0.29) is 0 Å². The fourth-order valence-corrected chi connectivity index (χ4v) is 1.32. The minimum absolute atomic E-state index is 0.426. The average molecular weight is 228 g/mol. The van der Waals surface area contributed by atoms with Gasteiger partial charge < -0.3 is 10.2 Å². The summed E-state index contributed by atoms with van der Waals surface area (Å²) in [5, 5.41) is 2.64. The second-order valence-corrected chi connectivity index (χ2v) is 4.04. The first-order valence-electron chi connectivity index (χ1n) is 6.16. The van der Waals surface area contributed by atoms with Gasteiger partial charge in [-0.3, -0.25) is 9.59 Å². The lowest BCUT2D eigenvalue weighted by Gasteiger charge is -2.15. The van der Waals surface area contributed by atoms with Gasteiger partial charge in [-0.05, 0) is 12.8 Å². The maximum absolute atomic E-state index is 11.5. The number of nitrogens with zero attached hydrogens (tertiary/aromatic N) is 1. The molecule has 0 unspecified atom stereocenters. The van der Waals surface area contributed by atoms with E-state index in [0.29, 0.717) is 13.1 Å². The normalized spacial score (nSPS) is 9.94. The maximum atomic E-state index is 11.5. The quantitative estimate of drug-likeness (QED) is 0.531. The van der Waals surface area contributed by atoms with Gasteiger partial charge in [-0.1, -0.05) is 33.1 Å². The summed E-state index contributed by atoms with van der Waals surface area (Å²) in [7, 11) is 1.67. The molecule has 0 rings (SSSR count). The molecule has 0 saturated carbocycles. The van der Waals surface area contributed by atoms with Crippen molar-refractivity contribution in [2.75, 3.05) is 20.1 Å². The average Bonchev–Trinajstić information content (AvgIpc) is 2.30. The highest BCUT2D eigenvalue weighted by Gasteiger charge is 2.16. The zero-order valence-corrected chi connectivity index (χ0v) is 10.7. The molecule has 0 aromatic heterocycles. The predicted molar refractivity (Wildman–Crippen MR) is 65.1 cm³/mol. The van der Waals surface area contributed by atoms with Gasteiger partial charge in [-0.2, -0.15) is 0 Å². The number of nitrogens with one attached hydrogen (secondary N) is 1. The number of carbonyl (C=O) groups is 2. The van der Waals surface area contributed by atoms with Crippen molar-refractivity contribution in [3.63, 3.8) is 0 Å². The summed E-state index contributed by atoms with van der Waals surface area (Å²) in [5.41, 5.74) is 0. The third-order valence-corrected chi connectivity index (χ3v) is 2.45. The highest BCUT2D eigenvalue weighted by Crippen LogP contribution is 1.94. The maximum Gasteiger partial charge on any atom is 0.311 e. The lowest BCUT2D eigenvalue weighted by atomic mass is 10.2. The highest BCUT2D eigenvalue weighted by molar-refractivity contribution is 6.34. The summed E-state index contributed by atoms with van der Waals surface area (Å²) in [6.07, 6.45) is 5.09. The summed E-state index contributed by atoms with van der Waals surface area (Å²) >= 11 is 0. The first-order chi connectivity index (χ1) is 7.63. The molecule has 0 atom stereocenters. The highest BCUT2D eigenvalue weighted by atomic mass is 16.2. The van der Waals surface area contributed by atoms with E-state index in [9.17, 15) is 9.59 Å². The van der Waals surface area contributed by atoms with Crippen molar-refractivity contribution in [2.45, 2.75) is 46.0 Å². The van der Waals surface area contributed by atoms with Crippen LogP contribution in [0.4, 0.5) is 0 Å². The van der Waals surface area contributed by atoms with Crippen LogP contribution in [0.5, 0.6) is 0 Å². The number of rotatable bonds is 7. The molecule has 1 N–H and O–H groups in total. The molecular weight excluding hydrogens is 204 g/mol. The molecule has 0 fully saturated rings. The number of carbonyl (C=O) groups excluding carboxylic acids is 2. The van der Waals surface area contributed by atoms with E-state index in [1.54, 1.807) is 7.05 Å². The smallest absolute Gasteiger partial charge is 0.311 e. The van der Waals surface area contributed by atoms with Gasteiger partial charge in [0.25, 0.3) is 0 Å². The van der Waals surface area contributed by atoms with Gasteiger partial charge in [0.1, 0.15) is 0 Å². The van der Waals surface area contributed by atoms with Crippen LogP contribution in [0.15, 0.2) is 0 Å². The summed E-state index contributed by atoms with van der Waals surface area (Å²) < 4.78 is 0. The van der Waals surface area contributed by atoms with Gasteiger partial charge in [0, 0.05) is 20.1 Å². The minimum atomic E-state index is -0.477. The van der Waals surface area contributed by atoms with Crippen molar-refractivity contribution >= 4 is 11.8 Å². The zero-order chi connectivity index (χ0) is 12.4. The van der Waals surface area contributed by atoms with Crippen molar-refractivity contribution in [1.82, 2.24) is 10.2 Å². The Morgan fingerprint density at radius 3 is 2.25 bits per heavy atom. The molecule has 2 amide bonds. The van der Waals surface area contributed by atoms with Crippen molar-refractivity contribution in [3.8, 4) is 0 Å². The van der Waals surface area contributed by atoms with Gasteiger partial charge in [-0.15, -0.1) is 0 Å². The summed E-state index contributed by atoms with van der Waals surface area (Å²) in [4.78, 5) is 24.4. The monoisotopic (exact) mass is 228 g/mol. The lowest BCUT2D eigenvalue weighted by Crippen LogP contribution is -2.41. The number of amides is 2. The second-order valence-electron chi connectivity index (χ2n) is 4.04. The van der Waals surface area contributed by atoms with Gasteiger partial charge >= 0.3 is 11.8 Å². The van der Waals surface area contributed by atoms with Crippen LogP contribution >= 0.6 is 0 Å². The second kappa shape index (κ2) is 9.19. The van der Waals surface area contributed by atoms with Crippen LogP contribution in [0, 0.1) is 0 Å². The van der Waals surface area contributed by atoms with Crippen LogP contribution in [-0.4, -0.2) is 36.9 Å². The third kappa shape index (κ3) is 6.43. The molecule has 0 aromatic rings. The predicted octanol–water partition coefficient (Wildman–Crippen LogP) is 1.55. The van der Waals surface area contributed by atoms with Crippen molar-refractivity contribution in [1.29, 1.82) is 0 Å². The topological polar surface area (TPSA) is 49.4 Å². The van der Waals surface area contributed by atoms with Crippen LogP contribution < -0.4 is 5.32 Å². The summed E-state index contributed by atoms with van der Waals surface area (Å²) in [5.74, 6) is -0.903. The van der Waals surface area contributed by atoms with E-state index >= 15 is 0 Å². The Balaban J connectivity index is 3.75. The Bertz CT molecular complexity index is 217. The lowest BCUT2D eigenvalue weighted by molar-refractivity contribution is -0.145. The standard InChI is InChI=1S/C12H24N2O2/c1-4-6-8-9-13-11(15)12(16)14(3)10-7-5-2/h4-10H2,1-3H3,(H,13,15). The van der Waals surface area contributed by atoms with Gasteiger partial charge in [0.15, 0.2) is 0 Å². The largest absolute Gasteiger partial charge is 0.348 e. The molecule has 0 spiro atoms. The first-order valence-corrected chi connectivity index (χ1v) is 6.16. The number of unbranched alkanes of at least 4 members (excludes halogenated alkanes) is 3. The zero-order valence-electron chi connectivity index (χ0n) is 10.7. The molecule has 4 heteroatoms. The number of hydrogen-bond acceptors (Lipinski definition) is 2. The molecular formula is C12H24N2O2. The van der Waals surface area contributed by atoms with Crippen LogP contribution in [0.25, 0.3) is 0 Å². The van der Waals surface area contributed by atoms with Gasteiger partial charge in [0.05, 0.1) is 0 Å². The third-order valence-electron chi connectivity index (χ3n) is 2.45. The SMILES string of the molecule is CCCCCNC(=O)C(=O)N(C)CCCC. The Kier molecular flexibility index (Phi) is 8.58. The van der Waals surface area contributed by atoms with Crippen molar-refractivity contribution in [3.05, 3.63) is 0 Å². The van der Waals surface area contributed by atoms with Crippen molar-refractivity contribution in [2.24, 2.45) is 0 Å². The van der Waals surface area contributed by atoms with Crippen LogP contribution in [0.2, 0.25) is 0 Å². The fraction of sp³-hybridized carbons (Fsp3) is 0.833. The molecule has 16 heavy (non-hydrogen) atoms. The Hall–Kier alpha value is -1.06. The molecule has 0 heterocycles. The Morgan fingerprint density at radius 1 is 1.06 bits per heavy atom. The summed E-state index contributed by atoms with van der Waals surface area (Å²) in [6, 6.07) is 0. The molecule has 0 radical (unpaired) electrons. The molecule has 0 aliphatic heterocycles. The minimum Gasteiger partial charge on any atom is -0.348 e. The molecule has 0 bridgehead atoms. The summed E-state index contributed by atoms with van der Waals surface area (Å²) in [6.45, 7) is 5.41. The molecule has 0 aliphatic carbocycles. The van der Waals surface area contributed by atoms with E-state index in [1.165, 1.54) is 4.90 Å². The Labute approximate surface area is 98.4 Å². The first kappa shape index (κ1) is 14.9. The van der Waals surface area contributed by atoms with E-state index in [0.717, 1.165) is 32.1 Å². The number of likely N-dealkylation sites (N-methyl/N-ethyl adjacent to an activating group) is 1. The fourth-order valence-electron chi connectivity index (χ4n) is 1.32. The van der Waals surface area contributed by atoms with E-state index < -0.39 is 11.8 Å². The molecule has 0 aliphatic rings. The van der Waals surface area contributed by atoms with Crippen molar-refractivity contribution < 1.29 is 9.59 Å². The van der Waals surface area contributed by atoms with Gasteiger partial charge in [-0.25, -0.2) is 0 Å². The van der Waals surface area contributed by atoms with Crippen LogP contribution in [0.3, 0.4) is 0 Å². The van der Waals surface area contributed by atoms with E-state index in [1.807, 2.05) is 0 Å². The van der Waals surface area contributed by atoms with Gasteiger partial charge in [0.2, 0.25) is 0 Å². The Morgan fingerprint density at radius 2 is 1.69 bits per heavy atom. The van der Waals surface area contributed by atoms with Crippen LogP contribution in [0.1, 0.15) is 46.0 Å². The molecule has 0 aromatic carbocycles. The van der Waals surface area contributed by atoms with E-state index in [2.05, 4.69) is 19.2 Å². The van der Waals surface area contributed by atoms with Crippen LogP contribution in [-0.2, 0) is 9.59 Å². The molecule has 4 nitrogen and oxygen atoms in total. The van der Waals surface area contributed by atoms with E-state index in [4.69, 9.17) is 0 Å². The molecule has 0 saturated heterocycles.